The number of hydrogen-bond acceptors (Lipinski definition) is 6. The number of para-hydroxylation sites is 1. The highest BCUT2D eigenvalue weighted by atomic mass is 16.5. The number of rotatable bonds is 7. The normalized spacial score (nSPS) is 22.2. The molecule has 0 radical (unpaired) electrons. The molecule has 1 aliphatic heterocycles. The minimum Gasteiger partial charge on any atom is -0.379 e. The van der Waals surface area contributed by atoms with E-state index in [-0.39, 0.29) is 18.1 Å². The molecule has 0 spiro atoms. The number of hydrogen-bond donors (Lipinski definition) is 2. The van der Waals surface area contributed by atoms with Gasteiger partial charge < -0.3 is 20.1 Å². The van der Waals surface area contributed by atoms with Crippen LogP contribution in [-0.2, 0) is 9.47 Å². The molecule has 4 rings (SSSR count). The first kappa shape index (κ1) is 17.9. The Hall–Kier alpha value is -2.51. The SMILES string of the molecule is O=C(N[C@@H]1CCOC[C@H]1OCC1CC1)c1cnc(Nc2ccccc2)nc1. The van der Waals surface area contributed by atoms with E-state index in [1.165, 1.54) is 25.2 Å². The predicted octanol–water partition coefficient (Wildman–Crippen LogP) is 2.53. The number of nitrogens with zero attached hydrogens (tertiary/aromatic N) is 2. The summed E-state index contributed by atoms with van der Waals surface area (Å²) in [4.78, 5) is 21.0. The molecule has 2 heterocycles. The van der Waals surface area contributed by atoms with Crippen LogP contribution in [0.1, 0.15) is 29.6 Å². The van der Waals surface area contributed by atoms with Crippen LogP contribution >= 0.6 is 0 Å². The van der Waals surface area contributed by atoms with Gasteiger partial charge in [-0.1, -0.05) is 18.2 Å². The van der Waals surface area contributed by atoms with Crippen molar-refractivity contribution >= 4 is 17.5 Å². The topological polar surface area (TPSA) is 85.4 Å². The van der Waals surface area contributed by atoms with Gasteiger partial charge in [0, 0.05) is 31.3 Å². The van der Waals surface area contributed by atoms with Gasteiger partial charge in [0.05, 0.1) is 18.2 Å². The number of amides is 1. The van der Waals surface area contributed by atoms with Gasteiger partial charge in [0.2, 0.25) is 5.95 Å². The Labute approximate surface area is 158 Å². The van der Waals surface area contributed by atoms with E-state index in [0.29, 0.717) is 30.6 Å². The van der Waals surface area contributed by atoms with Crippen LogP contribution in [0.25, 0.3) is 0 Å². The number of carbonyl (C=O) groups is 1. The van der Waals surface area contributed by atoms with Gasteiger partial charge in [-0.3, -0.25) is 4.79 Å². The smallest absolute Gasteiger partial charge is 0.254 e. The van der Waals surface area contributed by atoms with Crippen LogP contribution in [0.3, 0.4) is 0 Å². The molecule has 2 aromatic rings. The van der Waals surface area contributed by atoms with Crippen molar-refractivity contribution < 1.29 is 14.3 Å². The van der Waals surface area contributed by atoms with E-state index in [0.717, 1.165) is 18.7 Å². The predicted molar refractivity (Wildman–Crippen MR) is 101 cm³/mol. The number of benzene rings is 1. The van der Waals surface area contributed by atoms with E-state index >= 15 is 0 Å². The maximum atomic E-state index is 12.6. The molecule has 0 bridgehead atoms. The van der Waals surface area contributed by atoms with Gasteiger partial charge in [-0.2, -0.15) is 0 Å². The summed E-state index contributed by atoms with van der Waals surface area (Å²) in [6.45, 7) is 1.90. The number of nitrogens with one attached hydrogen (secondary N) is 2. The van der Waals surface area contributed by atoms with Crippen LogP contribution in [0.5, 0.6) is 0 Å². The van der Waals surface area contributed by atoms with Crippen LogP contribution in [0, 0.1) is 5.92 Å². The molecule has 1 saturated heterocycles. The lowest BCUT2D eigenvalue weighted by atomic mass is 10.1. The molecule has 1 aliphatic carbocycles. The Morgan fingerprint density at radius 2 is 1.93 bits per heavy atom. The molecule has 7 nitrogen and oxygen atoms in total. The number of aromatic nitrogens is 2. The molecule has 27 heavy (non-hydrogen) atoms. The minimum atomic E-state index is -0.187. The summed E-state index contributed by atoms with van der Waals surface area (Å²) in [5.74, 6) is 0.948. The number of ether oxygens (including phenoxy) is 2. The Morgan fingerprint density at radius 3 is 2.67 bits per heavy atom. The molecule has 2 atom stereocenters. The fourth-order valence-corrected chi connectivity index (χ4v) is 3.00. The van der Waals surface area contributed by atoms with Crippen molar-refractivity contribution in [2.24, 2.45) is 5.92 Å². The molecule has 2 aliphatic rings. The van der Waals surface area contributed by atoms with Crippen LogP contribution in [0.15, 0.2) is 42.7 Å². The van der Waals surface area contributed by atoms with Gasteiger partial charge in [-0.05, 0) is 37.3 Å². The molecule has 142 valence electrons. The first-order valence-corrected chi connectivity index (χ1v) is 9.42. The lowest BCUT2D eigenvalue weighted by molar-refractivity contribution is -0.0697. The third kappa shape index (κ3) is 5.02. The van der Waals surface area contributed by atoms with Crippen molar-refractivity contribution in [1.29, 1.82) is 0 Å². The molecular formula is C20H24N4O3. The Balaban J connectivity index is 1.33. The zero-order valence-electron chi connectivity index (χ0n) is 15.1. The number of anilines is 2. The highest BCUT2D eigenvalue weighted by Gasteiger charge is 2.31. The van der Waals surface area contributed by atoms with Crippen molar-refractivity contribution in [2.75, 3.05) is 25.1 Å². The standard InChI is InChI=1S/C20H24N4O3/c25-19(24-17-8-9-26-13-18(17)27-12-14-6-7-14)15-10-21-20(22-11-15)23-16-4-2-1-3-5-16/h1-5,10-11,14,17-18H,6-9,12-13H2,(H,24,25)(H,21,22,23)/t17-,18-/m1/s1. The van der Waals surface area contributed by atoms with E-state index in [4.69, 9.17) is 9.47 Å². The van der Waals surface area contributed by atoms with Gasteiger partial charge in [0.25, 0.3) is 5.91 Å². The summed E-state index contributed by atoms with van der Waals surface area (Å²) in [7, 11) is 0. The quantitative estimate of drug-likeness (QED) is 0.781. The van der Waals surface area contributed by atoms with Gasteiger partial charge in [-0.25, -0.2) is 9.97 Å². The van der Waals surface area contributed by atoms with Crippen molar-refractivity contribution in [3.8, 4) is 0 Å². The lowest BCUT2D eigenvalue weighted by Crippen LogP contribution is -2.50. The fourth-order valence-electron chi connectivity index (χ4n) is 3.00. The van der Waals surface area contributed by atoms with Crippen molar-refractivity contribution in [1.82, 2.24) is 15.3 Å². The molecule has 1 aromatic heterocycles. The van der Waals surface area contributed by atoms with Crippen molar-refractivity contribution in [2.45, 2.75) is 31.4 Å². The van der Waals surface area contributed by atoms with E-state index in [2.05, 4.69) is 20.6 Å². The first-order chi connectivity index (χ1) is 13.3. The van der Waals surface area contributed by atoms with Crippen LogP contribution < -0.4 is 10.6 Å². The molecule has 7 heteroatoms. The van der Waals surface area contributed by atoms with Crippen LogP contribution in [-0.4, -0.2) is 47.8 Å². The zero-order valence-corrected chi connectivity index (χ0v) is 15.1. The highest BCUT2D eigenvalue weighted by molar-refractivity contribution is 5.93. The summed E-state index contributed by atoms with van der Waals surface area (Å²) in [5, 5.41) is 6.16. The highest BCUT2D eigenvalue weighted by Crippen LogP contribution is 2.29. The second-order valence-corrected chi connectivity index (χ2v) is 7.05. The number of carbonyl (C=O) groups excluding carboxylic acids is 1. The molecule has 2 N–H and O–H groups in total. The Bertz CT molecular complexity index is 750. The summed E-state index contributed by atoms with van der Waals surface area (Å²) in [5.41, 5.74) is 1.33. The van der Waals surface area contributed by atoms with Crippen molar-refractivity contribution in [3.05, 3.63) is 48.3 Å². The fraction of sp³-hybridized carbons (Fsp3) is 0.450. The van der Waals surface area contributed by atoms with E-state index < -0.39 is 0 Å². The van der Waals surface area contributed by atoms with Gasteiger partial charge in [0.15, 0.2) is 0 Å². The Morgan fingerprint density at radius 1 is 1.15 bits per heavy atom. The molecule has 1 saturated carbocycles. The second-order valence-electron chi connectivity index (χ2n) is 7.05. The third-order valence-electron chi connectivity index (χ3n) is 4.81. The van der Waals surface area contributed by atoms with E-state index in [1.807, 2.05) is 30.3 Å². The monoisotopic (exact) mass is 368 g/mol. The largest absolute Gasteiger partial charge is 0.379 e. The minimum absolute atomic E-state index is 0.0490. The van der Waals surface area contributed by atoms with E-state index in [1.54, 1.807) is 0 Å². The molecular weight excluding hydrogens is 344 g/mol. The summed E-state index contributed by atoms with van der Waals surface area (Å²) < 4.78 is 11.5. The average molecular weight is 368 g/mol. The van der Waals surface area contributed by atoms with Gasteiger partial charge in [0.1, 0.15) is 6.10 Å². The van der Waals surface area contributed by atoms with Crippen LogP contribution in [0.4, 0.5) is 11.6 Å². The molecule has 2 fully saturated rings. The summed E-state index contributed by atoms with van der Waals surface area (Å²) in [6, 6.07) is 9.61. The van der Waals surface area contributed by atoms with E-state index in [9.17, 15) is 4.79 Å². The average Bonchev–Trinajstić information content (AvgIpc) is 3.53. The van der Waals surface area contributed by atoms with Gasteiger partial charge >= 0.3 is 0 Å². The van der Waals surface area contributed by atoms with Gasteiger partial charge in [-0.15, -0.1) is 0 Å². The Kier molecular flexibility index (Phi) is 5.60. The second kappa shape index (κ2) is 8.45. The summed E-state index contributed by atoms with van der Waals surface area (Å²) >= 11 is 0. The maximum absolute atomic E-state index is 12.6. The first-order valence-electron chi connectivity index (χ1n) is 9.42. The summed E-state index contributed by atoms with van der Waals surface area (Å²) in [6.07, 6.45) is 6.20. The third-order valence-corrected chi connectivity index (χ3v) is 4.81. The van der Waals surface area contributed by atoms with Crippen LogP contribution in [0.2, 0.25) is 0 Å². The lowest BCUT2D eigenvalue weighted by Gasteiger charge is -2.32. The molecule has 1 amide bonds. The van der Waals surface area contributed by atoms with Crippen molar-refractivity contribution in [3.63, 3.8) is 0 Å². The molecule has 0 unspecified atom stereocenters. The molecule has 1 aromatic carbocycles. The zero-order chi connectivity index (χ0) is 18.5. The maximum Gasteiger partial charge on any atom is 0.254 e.